The molecule has 0 aliphatic heterocycles. The molecule has 2 aromatic heterocycles. The Morgan fingerprint density at radius 2 is 2.44 bits per heavy atom. The molecule has 2 N–H and O–H groups in total. The van der Waals surface area contributed by atoms with Crippen molar-refractivity contribution in [3.05, 3.63) is 23.8 Å². The zero-order chi connectivity index (χ0) is 11.4. The summed E-state index contributed by atoms with van der Waals surface area (Å²) in [5.41, 5.74) is 1.15. The van der Waals surface area contributed by atoms with Crippen molar-refractivity contribution in [2.45, 2.75) is 33.0 Å². The van der Waals surface area contributed by atoms with Gasteiger partial charge in [0.25, 0.3) is 0 Å². The fraction of sp³-hybridized carbons (Fsp3) is 0.556. The largest absolute Gasteiger partial charge is 0.302 e. The summed E-state index contributed by atoms with van der Waals surface area (Å²) in [7, 11) is 0. The third-order valence-electron chi connectivity index (χ3n) is 2.44. The first-order valence-corrected chi connectivity index (χ1v) is 5.28. The van der Waals surface area contributed by atoms with Crippen molar-refractivity contribution in [3.8, 4) is 0 Å². The minimum Gasteiger partial charge on any atom is -0.302 e. The molecule has 0 aromatic carbocycles. The second kappa shape index (κ2) is 4.84. The molecule has 0 aliphatic rings. The molecular weight excluding hydrogens is 206 g/mol. The van der Waals surface area contributed by atoms with Crippen molar-refractivity contribution in [3.63, 3.8) is 0 Å². The molecule has 0 spiro atoms. The van der Waals surface area contributed by atoms with Crippen LogP contribution in [0.2, 0.25) is 0 Å². The van der Waals surface area contributed by atoms with Crippen LogP contribution in [-0.2, 0) is 13.1 Å². The summed E-state index contributed by atoms with van der Waals surface area (Å²) in [5.74, 6) is 0.669. The third-order valence-corrected chi connectivity index (χ3v) is 2.44. The molecule has 2 rings (SSSR count). The lowest BCUT2D eigenvalue weighted by Gasteiger charge is -2.10. The van der Waals surface area contributed by atoms with Gasteiger partial charge >= 0.3 is 0 Å². The number of nitrogens with one attached hydrogen (secondary N) is 2. The number of nitrogens with zero attached hydrogens (tertiary/aromatic N) is 5. The number of hydrogen-bond donors (Lipinski definition) is 2. The summed E-state index contributed by atoms with van der Waals surface area (Å²) in [6.45, 7) is 5.68. The highest BCUT2D eigenvalue weighted by Crippen LogP contribution is 2.06. The van der Waals surface area contributed by atoms with E-state index < -0.39 is 0 Å². The summed E-state index contributed by atoms with van der Waals surface area (Å²) in [4.78, 5) is 0. The maximum absolute atomic E-state index is 4.20. The van der Waals surface area contributed by atoms with Crippen LogP contribution in [0.25, 0.3) is 0 Å². The predicted molar refractivity (Wildman–Crippen MR) is 57.3 cm³/mol. The topological polar surface area (TPSA) is 84.3 Å². The summed E-state index contributed by atoms with van der Waals surface area (Å²) in [5, 5.41) is 21.3. The minimum atomic E-state index is 0.0685. The Kier molecular flexibility index (Phi) is 3.25. The molecule has 7 heteroatoms. The van der Waals surface area contributed by atoms with Crippen LogP contribution in [0.3, 0.4) is 0 Å². The number of tetrazole rings is 1. The maximum Gasteiger partial charge on any atom is 0.191 e. The second-order valence-corrected chi connectivity index (χ2v) is 3.51. The van der Waals surface area contributed by atoms with E-state index in [0.717, 1.165) is 18.8 Å². The highest BCUT2D eigenvalue weighted by molar-refractivity contribution is 5.01. The highest BCUT2D eigenvalue weighted by atomic mass is 15.5. The number of hydrogen-bond acceptors (Lipinski definition) is 5. The Bertz CT molecular complexity index is 419. The zero-order valence-electron chi connectivity index (χ0n) is 9.38. The van der Waals surface area contributed by atoms with E-state index in [-0.39, 0.29) is 6.04 Å². The van der Waals surface area contributed by atoms with Crippen molar-refractivity contribution >= 4 is 0 Å². The van der Waals surface area contributed by atoms with Gasteiger partial charge in [0.2, 0.25) is 0 Å². The molecule has 1 unspecified atom stereocenters. The van der Waals surface area contributed by atoms with E-state index in [4.69, 9.17) is 0 Å². The number of H-pyrrole nitrogens is 1. The minimum absolute atomic E-state index is 0.0685. The predicted octanol–water partition coefficient (Wildman–Crippen LogP) is 0.267. The van der Waals surface area contributed by atoms with E-state index in [9.17, 15) is 0 Å². The van der Waals surface area contributed by atoms with Crippen LogP contribution in [-0.4, -0.2) is 30.4 Å². The average molecular weight is 221 g/mol. The molecule has 0 amide bonds. The monoisotopic (exact) mass is 221 g/mol. The molecule has 16 heavy (non-hydrogen) atoms. The first-order valence-electron chi connectivity index (χ1n) is 5.28. The zero-order valence-corrected chi connectivity index (χ0v) is 9.38. The fourth-order valence-corrected chi connectivity index (χ4v) is 1.50. The summed E-state index contributed by atoms with van der Waals surface area (Å²) < 4.78 is 1.95. The van der Waals surface area contributed by atoms with E-state index in [2.05, 4.69) is 38.0 Å². The molecule has 7 nitrogen and oxygen atoms in total. The Labute approximate surface area is 93.2 Å². The van der Waals surface area contributed by atoms with Gasteiger partial charge in [-0.1, -0.05) is 5.21 Å². The molecule has 0 saturated heterocycles. The summed E-state index contributed by atoms with van der Waals surface area (Å²) >= 11 is 0. The molecule has 86 valence electrons. The summed E-state index contributed by atoms with van der Waals surface area (Å²) in [6, 6.07) is 2.07. The van der Waals surface area contributed by atoms with Gasteiger partial charge in [0.05, 0.1) is 11.7 Å². The van der Waals surface area contributed by atoms with Crippen LogP contribution < -0.4 is 5.32 Å². The van der Waals surface area contributed by atoms with Crippen LogP contribution in [0.1, 0.15) is 31.4 Å². The quantitative estimate of drug-likeness (QED) is 0.757. The fourth-order valence-electron chi connectivity index (χ4n) is 1.50. The SMILES string of the molecule is CCn1nccc1CNC(C)c1nn[nH]n1. The highest BCUT2D eigenvalue weighted by Gasteiger charge is 2.10. The molecule has 1 atom stereocenters. The van der Waals surface area contributed by atoms with Gasteiger partial charge in [0, 0.05) is 19.3 Å². The summed E-state index contributed by atoms with van der Waals surface area (Å²) in [6.07, 6.45) is 1.81. The van der Waals surface area contributed by atoms with Crippen molar-refractivity contribution in [2.75, 3.05) is 0 Å². The number of aromatic amines is 1. The number of rotatable bonds is 5. The standard InChI is InChI=1S/C9H15N7/c1-3-16-8(4-5-11-16)6-10-7(2)9-12-14-15-13-9/h4-5,7,10H,3,6H2,1-2H3,(H,12,13,14,15). The molecule has 0 bridgehead atoms. The Balaban J connectivity index is 1.92. The Morgan fingerprint density at radius 3 is 3.12 bits per heavy atom. The molecule has 2 aromatic rings. The molecule has 0 radical (unpaired) electrons. The lowest BCUT2D eigenvalue weighted by Crippen LogP contribution is -2.21. The number of aryl methyl sites for hydroxylation is 1. The van der Waals surface area contributed by atoms with Gasteiger partial charge in [0.1, 0.15) is 0 Å². The first kappa shape index (κ1) is 10.7. The smallest absolute Gasteiger partial charge is 0.191 e. The van der Waals surface area contributed by atoms with E-state index in [0.29, 0.717) is 5.82 Å². The lowest BCUT2D eigenvalue weighted by atomic mass is 10.3. The van der Waals surface area contributed by atoms with Gasteiger partial charge < -0.3 is 5.32 Å². The molecular formula is C9H15N7. The maximum atomic E-state index is 4.20. The van der Waals surface area contributed by atoms with Gasteiger partial charge in [0.15, 0.2) is 5.82 Å². The van der Waals surface area contributed by atoms with Crippen LogP contribution in [0, 0.1) is 0 Å². The van der Waals surface area contributed by atoms with Crippen LogP contribution >= 0.6 is 0 Å². The third kappa shape index (κ3) is 2.25. The van der Waals surface area contributed by atoms with Crippen molar-refractivity contribution in [1.29, 1.82) is 0 Å². The van der Waals surface area contributed by atoms with Crippen molar-refractivity contribution < 1.29 is 0 Å². The van der Waals surface area contributed by atoms with Gasteiger partial charge in [-0.05, 0) is 19.9 Å². The first-order chi connectivity index (χ1) is 7.81. The Morgan fingerprint density at radius 1 is 1.56 bits per heavy atom. The molecule has 0 fully saturated rings. The van der Waals surface area contributed by atoms with Crippen LogP contribution in [0.5, 0.6) is 0 Å². The molecule has 0 saturated carbocycles. The van der Waals surface area contributed by atoms with Crippen molar-refractivity contribution in [1.82, 2.24) is 35.7 Å². The van der Waals surface area contributed by atoms with Gasteiger partial charge in [-0.15, -0.1) is 10.2 Å². The van der Waals surface area contributed by atoms with E-state index in [1.807, 2.05) is 17.7 Å². The van der Waals surface area contributed by atoms with E-state index in [1.54, 1.807) is 6.20 Å². The molecule has 0 aliphatic carbocycles. The van der Waals surface area contributed by atoms with Crippen molar-refractivity contribution in [2.24, 2.45) is 0 Å². The Hall–Kier alpha value is -1.76. The van der Waals surface area contributed by atoms with Crippen LogP contribution in [0.4, 0.5) is 0 Å². The molecule has 2 heterocycles. The van der Waals surface area contributed by atoms with Gasteiger partial charge in [-0.3, -0.25) is 4.68 Å². The van der Waals surface area contributed by atoms with Gasteiger partial charge in [-0.25, -0.2) is 0 Å². The lowest BCUT2D eigenvalue weighted by molar-refractivity contribution is 0.514. The van der Waals surface area contributed by atoms with E-state index >= 15 is 0 Å². The number of aromatic nitrogens is 6. The van der Waals surface area contributed by atoms with Crippen LogP contribution in [0.15, 0.2) is 12.3 Å². The van der Waals surface area contributed by atoms with Gasteiger partial charge in [-0.2, -0.15) is 10.3 Å². The average Bonchev–Trinajstić information content (AvgIpc) is 2.96. The van der Waals surface area contributed by atoms with E-state index in [1.165, 1.54) is 0 Å². The normalized spacial score (nSPS) is 12.9. The second-order valence-electron chi connectivity index (χ2n) is 3.51.